The molecule has 0 bridgehead atoms. The average molecular weight is 329 g/mol. The summed E-state index contributed by atoms with van der Waals surface area (Å²) in [7, 11) is 0. The third-order valence-corrected chi connectivity index (χ3v) is 4.00. The highest BCUT2D eigenvalue weighted by Gasteiger charge is 2.11. The van der Waals surface area contributed by atoms with Crippen LogP contribution in [0.3, 0.4) is 0 Å². The van der Waals surface area contributed by atoms with Gasteiger partial charge in [-0.25, -0.2) is 0 Å². The molecule has 0 radical (unpaired) electrons. The number of ketones is 1. The molecule has 4 heteroatoms. The number of Topliss-reactive ketones (excluding diaryl/α,β-unsaturated/α-hetero) is 1. The second-order valence-electron chi connectivity index (χ2n) is 6.40. The first kappa shape index (κ1) is 19.9. The van der Waals surface area contributed by atoms with Crippen molar-refractivity contribution in [1.82, 2.24) is 5.32 Å². The van der Waals surface area contributed by atoms with Crippen LogP contribution in [0.1, 0.15) is 50.7 Å². The first-order valence-corrected chi connectivity index (χ1v) is 8.40. The van der Waals surface area contributed by atoms with E-state index in [1.54, 1.807) is 19.1 Å². The van der Waals surface area contributed by atoms with Gasteiger partial charge in [0.15, 0.2) is 0 Å². The molecule has 1 aromatic rings. The Morgan fingerprint density at radius 3 is 2.46 bits per heavy atom. The second-order valence-corrected chi connectivity index (χ2v) is 6.40. The number of terminal acetylenes is 1. The summed E-state index contributed by atoms with van der Waals surface area (Å²) in [5.74, 6) is 3.01. The van der Waals surface area contributed by atoms with Gasteiger partial charge in [-0.3, -0.25) is 4.79 Å². The van der Waals surface area contributed by atoms with Crippen molar-refractivity contribution in [2.24, 2.45) is 5.92 Å². The molecule has 2 atom stereocenters. The molecule has 2 N–H and O–H groups in total. The van der Waals surface area contributed by atoms with E-state index >= 15 is 0 Å². The van der Waals surface area contributed by atoms with Crippen LogP contribution in [0.4, 0.5) is 0 Å². The number of nitrogens with one attached hydrogen (secondary N) is 1. The van der Waals surface area contributed by atoms with Crippen LogP contribution in [0.5, 0.6) is 0 Å². The van der Waals surface area contributed by atoms with Gasteiger partial charge in [0.25, 0.3) is 0 Å². The molecule has 4 nitrogen and oxygen atoms in total. The highest BCUT2D eigenvalue weighted by Crippen LogP contribution is 2.14. The molecule has 0 fully saturated rings. The molecular weight excluding hydrogens is 302 g/mol. The lowest BCUT2D eigenvalue weighted by atomic mass is 9.97. The van der Waals surface area contributed by atoms with E-state index in [0.717, 1.165) is 24.0 Å². The number of carbonyl (C=O) groups excluding carboxylic acids is 2. The monoisotopic (exact) mass is 329 g/mol. The smallest absolute Gasteiger partial charge is 0.224 e. The predicted octanol–water partition coefficient (Wildman–Crippen LogP) is 2.47. The summed E-state index contributed by atoms with van der Waals surface area (Å²) in [6.07, 6.45) is 7.91. The van der Waals surface area contributed by atoms with Crippen LogP contribution < -0.4 is 5.32 Å². The summed E-state index contributed by atoms with van der Waals surface area (Å²) in [5.41, 5.74) is 1.67. The van der Waals surface area contributed by atoms with Gasteiger partial charge in [-0.1, -0.05) is 25.0 Å². The minimum atomic E-state index is -0.558. The van der Waals surface area contributed by atoms with Gasteiger partial charge in [-0.15, -0.1) is 6.42 Å². The van der Waals surface area contributed by atoms with Crippen molar-refractivity contribution in [3.63, 3.8) is 0 Å². The molecule has 0 saturated carbocycles. The Hall–Kier alpha value is -2.12. The summed E-state index contributed by atoms with van der Waals surface area (Å²) in [6, 6.07) is 7.28. The Morgan fingerprint density at radius 2 is 1.88 bits per heavy atom. The maximum atomic E-state index is 11.9. The van der Waals surface area contributed by atoms with E-state index in [2.05, 4.69) is 18.2 Å². The Kier molecular flexibility index (Phi) is 8.81. The van der Waals surface area contributed by atoms with Crippen molar-refractivity contribution >= 4 is 11.7 Å². The minimum absolute atomic E-state index is 0.118. The number of benzene rings is 1. The largest absolute Gasteiger partial charge is 0.391 e. The number of hydrogen-bond donors (Lipinski definition) is 2. The van der Waals surface area contributed by atoms with E-state index in [1.807, 2.05) is 12.1 Å². The quantitative estimate of drug-likeness (QED) is 0.648. The van der Waals surface area contributed by atoms with E-state index in [1.165, 1.54) is 0 Å². The molecule has 0 aliphatic carbocycles. The molecule has 0 aromatic heterocycles. The summed E-state index contributed by atoms with van der Waals surface area (Å²) < 4.78 is 0. The van der Waals surface area contributed by atoms with Crippen molar-refractivity contribution < 1.29 is 14.7 Å². The van der Waals surface area contributed by atoms with E-state index in [0.29, 0.717) is 18.8 Å². The lowest BCUT2D eigenvalue weighted by Gasteiger charge is -2.15. The van der Waals surface area contributed by atoms with E-state index in [4.69, 9.17) is 6.42 Å². The van der Waals surface area contributed by atoms with Crippen molar-refractivity contribution in [1.29, 1.82) is 0 Å². The van der Waals surface area contributed by atoms with Crippen molar-refractivity contribution in [3.05, 3.63) is 35.4 Å². The zero-order valence-corrected chi connectivity index (χ0v) is 14.5. The summed E-state index contributed by atoms with van der Waals surface area (Å²) in [6.45, 7) is 3.92. The fourth-order valence-corrected chi connectivity index (χ4v) is 2.37. The Morgan fingerprint density at radius 1 is 1.21 bits per heavy atom. The van der Waals surface area contributed by atoms with Gasteiger partial charge in [-0.2, -0.15) is 0 Å². The third kappa shape index (κ3) is 8.50. The number of amides is 1. The van der Waals surface area contributed by atoms with Crippen LogP contribution in [0.2, 0.25) is 0 Å². The fourth-order valence-electron chi connectivity index (χ4n) is 2.37. The molecule has 0 aliphatic rings. The molecule has 1 aromatic carbocycles. The lowest BCUT2D eigenvalue weighted by Crippen LogP contribution is -2.33. The predicted molar refractivity (Wildman–Crippen MR) is 95.4 cm³/mol. The zero-order chi connectivity index (χ0) is 17.9. The maximum Gasteiger partial charge on any atom is 0.224 e. The summed E-state index contributed by atoms with van der Waals surface area (Å²) in [4.78, 5) is 22.8. The normalized spacial score (nSPS) is 12.9. The molecule has 0 saturated heterocycles. The number of aliphatic hydroxyl groups is 1. The van der Waals surface area contributed by atoms with Crippen molar-refractivity contribution in [3.8, 4) is 12.3 Å². The topological polar surface area (TPSA) is 66.4 Å². The lowest BCUT2D eigenvalue weighted by molar-refractivity contribution is -0.121. The number of aliphatic hydroxyl groups excluding tert-OH is 1. The maximum absolute atomic E-state index is 11.9. The molecule has 1 rings (SSSR count). The third-order valence-electron chi connectivity index (χ3n) is 4.00. The van der Waals surface area contributed by atoms with Crippen LogP contribution in [-0.4, -0.2) is 29.4 Å². The standard InChI is InChI=1S/C20H27NO3/c1-4-17-8-10-18(11-9-17)13-20(24)21-14-19(23)12-6-15(2)5-7-16(3)22/h1,8-11,15,19,23H,5-7,12-14H2,2-3H3,(H,21,24). The van der Waals surface area contributed by atoms with Gasteiger partial charge in [0.05, 0.1) is 12.5 Å². The summed E-state index contributed by atoms with van der Waals surface area (Å²) in [5, 5.41) is 12.7. The van der Waals surface area contributed by atoms with E-state index in [-0.39, 0.29) is 24.7 Å². The van der Waals surface area contributed by atoms with Crippen LogP contribution in [0.25, 0.3) is 0 Å². The average Bonchev–Trinajstić information content (AvgIpc) is 2.57. The molecular formula is C20H27NO3. The second kappa shape index (κ2) is 10.6. The Balaban J connectivity index is 2.23. The molecule has 0 aliphatic heterocycles. The Labute approximate surface area is 144 Å². The molecule has 0 spiro atoms. The molecule has 0 heterocycles. The van der Waals surface area contributed by atoms with Crippen molar-refractivity contribution in [2.75, 3.05) is 6.54 Å². The summed E-state index contributed by atoms with van der Waals surface area (Å²) >= 11 is 0. The highest BCUT2D eigenvalue weighted by molar-refractivity contribution is 5.78. The highest BCUT2D eigenvalue weighted by atomic mass is 16.3. The molecule has 24 heavy (non-hydrogen) atoms. The number of hydrogen-bond acceptors (Lipinski definition) is 3. The SMILES string of the molecule is C#Cc1ccc(CC(=O)NCC(O)CCC(C)CCC(C)=O)cc1. The van der Waals surface area contributed by atoms with Crippen molar-refractivity contribution in [2.45, 2.75) is 52.1 Å². The van der Waals surface area contributed by atoms with Gasteiger partial charge < -0.3 is 15.2 Å². The molecule has 130 valence electrons. The fraction of sp³-hybridized carbons (Fsp3) is 0.500. The van der Waals surface area contributed by atoms with Gasteiger partial charge >= 0.3 is 0 Å². The zero-order valence-electron chi connectivity index (χ0n) is 14.5. The van der Waals surface area contributed by atoms with Crippen LogP contribution in [0.15, 0.2) is 24.3 Å². The first-order valence-electron chi connectivity index (χ1n) is 8.40. The van der Waals surface area contributed by atoms with Gasteiger partial charge in [0, 0.05) is 18.5 Å². The van der Waals surface area contributed by atoms with Crippen LogP contribution in [-0.2, 0) is 16.0 Å². The van der Waals surface area contributed by atoms with Gasteiger partial charge in [0.1, 0.15) is 5.78 Å². The van der Waals surface area contributed by atoms with Crippen LogP contribution in [0, 0.1) is 18.3 Å². The first-order chi connectivity index (χ1) is 11.4. The number of rotatable bonds is 10. The molecule has 1 amide bonds. The van der Waals surface area contributed by atoms with Gasteiger partial charge in [0.2, 0.25) is 5.91 Å². The molecule has 2 unspecified atom stereocenters. The van der Waals surface area contributed by atoms with Crippen LogP contribution >= 0.6 is 0 Å². The van der Waals surface area contributed by atoms with Gasteiger partial charge in [-0.05, 0) is 49.8 Å². The van der Waals surface area contributed by atoms with E-state index < -0.39 is 6.10 Å². The minimum Gasteiger partial charge on any atom is -0.391 e. The van der Waals surface area contributed by atoms with E-state index in [9.17, 15) is 14.7 Å². The Bertz CT molecular complexity index is 572. The number of carbonyl (C=O) groups is 2.